The van der Waals surface area contributed by atoms with E-state index < -0.39 is 0 Å². The second-order valence-corrected chi connectivity index (χ2v) is 7.27. The van der Waals surface area contributed by atoms with Gasteiger partial charge < -0.3 is 0 Å². The first-order chi connectivity index (χ1) is 8.75. The molecule has 0 aliphatic heterocycles. The third-order valence-corrected chi connectivity index (χ3v) is 5.86. The van der Waals surface area contributed by atoms with Crippen LogP contribution in [0.5, 0.6) is 0 Å². The molecular formula is C17H23Br. The van der Waals surface area contributed by atoms with Gasteiger partial charge in [0.05, 0.1) is 0 Å². The van der Waals surface area contributed by atoms with Crippen LogP contribution in [-0.2, 0) is 0 Å². The van der Waals surface area contributed by atoms with Crippen molar-refractivity contribution < 1.29 is 0 Å². The molecule has 0 radical (unpaired) electrons. The van der Waals surface area contributed by atoms with Crippen molar-refractivity contribution in [3.8, 4) is 0 Å². The summed E-state index contributed by atoms with van der Waals surface area (Å²) < 4.78 is 0. The lowest BCUT2D eigenvalue weighted by Crippen LogP contribution is -2.11. The van der Waals surface area contributed by atoms with Gasteiger partial charge in [-0.05, 0) is 54.2 Å². The van der Waals surface area contributed by atoms with E-state index >= 15 is 0 Å². The molecule has 98 valence electrons. The number of alkyl halides is 1. The van der Waals surface area contributed by atoms with Crippen LogP contribution >= 0.6 is 15.9 Å². The molecule has 0 saturated heterocycles. The standard InChI is InChI=1S/C17H23Br/c1-12-7-10-17(18)16-11-14(8-9-15(12)16)13-5-3-2-4-6-13/h8-9,11-13,17H,2-7,10H2,1H3. The maximum Gasteiger partial charge on any atom is 0.0398 e. The van der Waals surface area contributed by atoms with Gasteiger partial charge in [-0.3, -0.25) is 0 Å². The van der Waals surface area contributed by atoms with Gasteiger partial charge >= 0.3 is 0 Å². The fourth-order valence-corrected chi connectivity index (χ4v) is 4.37. The molecule has 2 aliphatic rings. The minimum absolute atomic E-state index is 0.590. The van der Waals surface area contributed by atoms with Crippen LogP contribution in [0.1, 0.15) is 85.2 Å². The van der Waals surface area contributed by atoms with Gasteiger partial charge in [-0.15, -0.1) is 0 Å². The Morgan fingerprint density at radius 2 is 1.72 bits per heavy atom. The Bertz CT molecular complexity index is 418. The van der Waals surface area contributed by atoms with Crippen LogP contribution in [0.25, 0.3) is 0 Å². The highest BCUT2D eigenvalue weighted by Gasteiger charge is 2.24. The monoisotopic (exact) mass is 306 g/mol. The van der Waals surface area contributed by atoms with E-state index in [0.29, 0.717) is 4.83 Å². The number of rotatable bonds is 1. The van der Waals surface area contributed by atoms with Crippen molar-refractivity contribution in [2.45, 2.75) is 68.5 Å². The SMILES string of the molecule is CC1CCC(Br)c2cc(C3CCCCC3)ccc21. The molecule has 1 aromatic carbocycles. The van der Waals surface area contributed by atoms with Crippen LogP contribution in [0.2, 0.25) is 0 Å². The van der Waals surface area contributed by atoms with Crippen LogP contribution in [-0.4, -0.2) is 0 Å². The first kappa shape index (κ1) is 12.7. The minimum atomic E-state index is 0.590. The lowest BCUT2D eigenvalue weighted by molar-refractivity contribution is 0.443. The Kier molecular flexibility index (Phi) is 3.79. The first-order valence-electron chi connectivity index (χ1n) is 7.53. The third kappa shape index (κ3) is 2.39. The van der Waals surface area contributed by atoms with Crippen molar-refractivity contribution in [1.82, 2.24) is 0 Å². The Morgan fingerprint density at radius 3 is 2.50 bits per heavy atom. The molecule has 2 aliphatic carbocycles. The highest BCUT2D eigenvalue weighted by Crippen LogP contribution is 2.43. The summed E-state index contributed by atoms with van der Waals surface area (Å²) in [5.74, 6) is 1.58. The van der Waals surface area contributed by atoms with E-state index in [4.69, 9.17) is 0 Å². The topological polar surface area (TPSA) is 0 Å². The summed E-state index contributed by atoms with van der Waals surface area (Å²) in [5, 5.41) is 0. The number of halogens is 1. The molecule has 0 amide bonds. The molecule has 18 heavy (non-hydrogen) atoms. The van der Waals surface area contributed by atoms with Gasteiger partial charge in [0, 0.05) is 4.83 Å². The lowest BCUT2D eigenvalue weighted by Gasteiger charge is -2.29. The molecule has 0 N–H and O–H groups in total. The summed E-state index contributed by atoms with van der Waals surface area (Å²) in [5.41, 5.74) is 4.77. The molecule has 1 heteroatoms. The summed E-state index contributed by atoms with van der Waals surface area (Å²) in [7, 11) is 0. The van der Waals surface area contributed by atoms with Gasteiger partial charge in [0.15, 0.2) is 0 Å². The molecule has 1 aromatic rings. The predicted octanol–water partition coefficient (Wildman–Crippen LogP) is 6.07. The molecule has 1 saturated carbocycles. The second-order valence-electron chi connectivity index (χ2n) is 6.17. The van der Waals surface area contributed by atoms with Crippen molar-refractivity contribution >= 4 is 15.9 Å². The summed E-state index contributed by atoms with van der Waals surface area (Å²) in [6, 6.07) is 7.34. The molecule has 1 fully saturated rings. The average Bonchev–Trinajstić information content (AvgIpc) is 2.44. The lowest BCUT2D eigenvalue weighted by atomic mass is 9.79. The van der Waals surface area contributed by atoms with E-state index in [1.807, 2.05) is 0 Å². The fourth-order valence-electron chi connectivity index (χ4n) is 3.71. The molecule has 0 aromatic heterocycles. The third-order valence-electron chi connectivity index (χ3n) is 4.91. The Labute approximate surface area is 119 Å². The fraction of sp³-hybridized carbons (Fsp3) is 0.647. The van der Waals surface area contributed by atoms with E-state index in [0.717, 1.165) is 11.8 Å². The number of benzene rings is 1. The van der Waals surface area contributed by atoms with Gasteiger partial charge in [-0.1, -0.05) is 60.3 Å². The first-order valence-corrected chi connectivity index (χ1v) is 8.45. The molecule has 0 bridgehead atoms. The Balaban J connectivity index is 1.91. The molecule has 3 rings (SSSR count). The summed E-state index contributed by atoms with van der Waals surface area (Å²) in [6.45, 7) is 2.37. The van der Waals surface area contributed by atoms with Crippen LogP contribution < -0.4 is 0 Å². The van der Waals surface area contributed by atoms with Gasteiger partial charge in [0.2, 0.25) is 0 Å². The van der Waals surface area contributed by atoms with Crippen LogP contribution in [0, 0.1) is 0 Å². The van der Waals surface area contributed by atoms with Crippen LogP contribution in [0.4, 0.5) is 0 Å². The molecule has 0 nitrogen and oxygen atoms in total. The molecule has 0 spiro atoms. The van der Waals surface area contributed by atoms with E-state index in [1.165, 1.54) is 44.9 Å². The molecular weight excluding hydrogens is 284 g/mol. The van der Waals surface area contributed by atoms with Crippen molar-refractivity contribution in [1.29, 1.82) is 0 Å². The van der Waals surface area contributed by atoms with Crippen molar-refractivity contribution in [2.24, 2.45) is 0 Å². The maximum absolute atomic E-state index is 3.87. The smallest absolute Gasteiger partial charge is 0.0398 e. The van der Waals surface area contributed by atoms with Crippen LogP contribution in [0.3, 0.4) is 0 Å². The zero-order valence-electron chi connectivity index (χ0n) is 11.3. The highest BCUT2D eigenvalue weighted by molar-refractivity contribution is 9.09. The van der Waals surface area contributed by atoms with Crippen molar-refractivity contribution in [3.05, 3.63) is 34.9 Å². The Morgan fingerprint density at radius 1 is 0.944 bits per heavy atom. The summed E-state index contributed by atoms with van der Waals surface area (Å²) in [4.78, 5) is 0.590. The van der Waals surface area contributed by atoms with Gasteiger partial charge in [-0.25, -0.2) is 0 Å². The normalized spacial score (nSPS) is 29.0. The average molecular weight is 307 g/mol. The van der Waals surface area contributed by atoms with Gasteiger partial charge in [0.1, 0.15) is 0 Å². The van der Waals surface area contributed by atoms with E-state index in [-0.39, 0.29) is 0 Å². The zero-order valence-corrected chi connectivity index (χ0v) is 12.9. The maximum atomic E-state index is 3.87. The summed E-state index contributed by atoms with van der Waals surface area (Å²) in [6.07, 6.45) is 9.72. The Hall–Kier alpha value is -0.300. The number of hydrogen-bond acceptors (Lipinski definition) is 0. The van der Waals surface area contributed by atoms with Crippen molar-refractivity contribution in [3.63, 3.8) is 0 Å². The highest BCUT2D eigenvalue weighted by atomic mass is 79.9. The number of hydrogen-bond donors (Lipinski definition) is 0. The quantitative estimate of drug-likeness (QED) is 0.553. The number of fused-ring (bicyclic) bond motifs is 1. The van der Waals surface area contributed by atoms with Crippen molar-refractivity contribution in [2.75, 3.05) is 0 Å². The largest absolute Gasteiger partial charge is 0.0839 e. The zero-order chi connectivity index (χ0) is 12.5. The van der Waals surface area contributed by atoms with E-state index in [1.54, 1.807) is 16.7 Å². The minimum Gasteiger partial charge on any atom is -0.0839 e. The van der Waals surface area contributed by atoms with Gasteiger partial charge in [-0.2, -0.15) is 0 Å². The van der Waals surface area contributed by atoms with E-state index in [9.17, 15) is 0 Å². The second kappa shape index (κ2) is 5.36. The predicted molar refractivity (Wildman–Crippen MR) is 81.6 cm³/mol. The van der Waals surface area contributed by atoms with Gasteiger partial charge in [0.25, 0.3) is 0 Å². The summed E-state index contributed by atoms with van der Waals surface area (Å²) >= 11 is 3.87. The molecule has 0 heterocycles. The van der Waals surface area contributed by atoms with E-state index in [2.05, 4.69) is 41.1 Å². The molecule has 2 atom stereocenters. The van der Waals surface area contributed by atoms with Crippen LogP contribution in [0.15, 0.2) is 18.2 Å². The molecule has 2 unspecified atom stereocenters.